The van der Waals surface area contributed by atoms with Crippen LogP contribution in [0.5, 0.6) is 0 Å². The van der Waals surface area contributed by atoms with Gasteiger partial charge in [0.1, 0.15) is 12.1 Å². The van der Waals surface area contributed by atoms with Crippen LogP contribution in [-0.4, -0.2) is 35.6 Å². The van der Waals surface area contributed by atoms with Crippen LogP contribution in [0.25, 0.3) is 0 Å². The molecular weight excluding hydrogens is 248 g/mol. The first-order valence-corrected chi connectivity index (χ1v) is 8.20. The molecule has 1 aromatic heterocycles. The Morgan fingerprint density at radius 1 is 1.25 bits per heavy atom. The molecule has 110 valence electrons. The number of aromatic nitrogens is 2. The van der Waals surface area contributed by atoms with E-state index in [1.807, 2.05) is 0 Å². The van der Waals surface area contributed by atoms with Crippen molar-refractivity contribution in [1.29, 1.82) is 0 Å². The third kappa shape index (κ3) is 2.80. The van der Waals surface area contributed by atoms with Gasteiger partial charge >= 0.3 is 0 Å². The van der Waals surface area contributed by atoms with E-state index in [0.717, 1.165) is 32.5 Å². The van der Waals surface area contributed by atoms with Gasteiger partial charge in [0.25, 0.3) is 0 Å². The molecule has 4 heteroatoms. The average Bonchev–Trinajstić information content (AvgIpc) is 2.96. The normalized spacial score (nSPS) is 22.1. The summed E-state index contributed by atoms with van der Waals surface area (Å²) in [7, 11) is 0. The van der Waals surface area contributed by atoms with Gasteiger partial charge in [-0.1, -0.05) is 6.92 Å². The fourth-order valence-corrected chi connectivity index (χ4v) is 3.53. The van der Waals surface area contributed by atoms with Crippen LogP contribution in [0.1, 0.15) is 50.3 Å². The second-order valence-electron chi connectivity index (χ2n) is 6.02. The van der Waals surface area contributed by atoms with Crippen LogP contribution < -0.4 is 10.2 Å². The largest absolute Gasteiger partial charge is 0.352 e. The number of piperidine rings is 1. The lowest BCUT2D eigenvalue weighted by Gasteiger charge is -2.37. The lowest BCUT2D eigenvalue weighted by molar-refractivity contribution is 0.432. The molecule has 1 aliphatic carbocycles. The van der Waals surface area contributed by atoms with Gasteiger partial charge in [0.2, 0.25) is 0 Å². The number of nitrogens with zero attached hydrogens (tertiary/aromatic N) is 3. The van der Waals surface area contributed by atoms with Crippen molar-refractivity contribution in [3.63, 3.8) is 0 Å². The van der Waals surface area contributed by atoms with Gasteiger partial charge in [0.15, 0.2) is 0 Å². The quantitative estimate of drug-likeness (QED) is 0.837. The van der Waals surface area contributed by atoms with E-state index in [2.05, 4.69) is 27.1 Å². The van der Waals surface area contributed by atoms with E-state index in [9.17, 15) is 0 Å². The summed E-state index contributed by atoms with van der Waals surface area (Å²) in [6.07, 6.45) is 10.4. The molecule has 1 aromatic rings. The Morgan fingerprint density at radius 2 is 2.20 bits per heavy atom. The van der Waals surface area contributed by atoms with Gasteiger partial charge < -0.3 is 10.2 Å². The maximum Gasteiger partial charge on any atom is 0.135 e. The highest BCUT2D eigenvalue weighted by Gasteiger charge is 2.27. The number of rotatable bonds is 5. The molecule has 0 radical (unpaired) electrons. The molecule has 0 bridgehead atoms. The number of hydrogen-bond acceptors (Lipinski definition) is 4. The first-order valence-electron chi connectivity index (χ1n) is 8.20. The molecule has 0 spiro atoms. The van der Waals surface area contributed by atoms with Crippen LogP contribution >= 0.6 is 0 Å². The molecule has 1 fully saturated rings. The minimum atomic E-state index is 0.606. The summed E-state index contributed by atoms with van der Waals surface area (Å²) in [5.41, 5.74) is 2.72. The molecule has 2 heterocycles. The third-order valence-corrected chi connectivity index (χ3v) is 4.56. The molecule has 1 unspecified atom stereocenters. The summed E-state index contributed by atoms with van der Waals surface area (Å²) in [4.78, 5) is 11.7. The Morgan fingerprint density at radius 3 is 3.10 bits per heavy atom. The van der Waals surface area contributed by atoms with Crippen molar-refractivity contribution in [2.24, 2.45) is 0 Å². The fraction of sp³-hybridized carbons (Fsp3) is 0.750. The number of anilines is 1. The lowest BCUT2D eigenvalue weighted by Crippen LogP contribution is -2.46. The van der Waals surface area contributed by atoms with Crippen molar-refractivity contribution in [2.75, 3.05) is 24.5 Å². The number of aryl methyl sites for hydroxylation is 1. The zero-order chi connectivity index (χ0) is 13.8. The van der Waals surface area contributed by atoms with E-state index in [1.165, 1.54) is 49.2 Å². The second-order valence-corrected chi connectivity index (χ2v) is 6.02. The van der Waals surface area contributed by atoms with E-state index in [0.29, 0.717) is 6.04 Å². The predicted molar refractivity (Wildman–Crippen MR) is 82.2 cm³/mol. The highest BCUT2D eigenvalue weighted by Crippen LogP contribution is 2.31. The standard InChI is InChI=1S/C16H26N4/c1-2-9-17-11-13-6-3-4-10-20(13)16-14-7-5-8-15(14)18-12-19-16/h12-13,17H,2-11H2,1H3. The summed E-state index contributed by atoms with van der Waals surface area (Å²) < 4.78 is 0. The average molecular weight is 274 g/mol. The van der Waals surface area contributed by atoms with E-state index in [-0.39, 0.29) is 0 Å². The Hall–Kier alpha value is -1.16. The molecular formula is C16H26N4. The van der Waals surface area contributed by atoms with Crippen molar-refractivity contribution in [2.45, 2.75) is 57.9 Å². The summed E-state index contributed by atoms with van der Waals surface area (Å²) >= 11 is 0. The minimum absolute atomic E-state index is 0.606. The summed E-state index contributed by atoms with van der Waals surface area (Å²) in [5.74, 6) is 1.23. The Kier molecular flexibility index (Phi) is 4.51. The molecule has 4 nitrogen and oxygen atoms in total. The van der Waals surface area contributed by atoms with Crippen molar-refractivity contribution >= 4 is 5.82 Å². The Bertz CT molecular complexity index is 446. The highest BCUT2D eigenvalue weighted by molar-refractivity contribution is 5.51. The molecule has 2 aliphatic rings. The molecule has 1 N–H and O–H groups in total. The molecule has 1 atom stereocenters. The number of hydrogen-bond donors (Lipinski definition) is 1. The molecule has 1 saturated heterocycles. The Labute approximate surface area is 122 Å². The van der Waals surface area contributed by atoms with Gasteiger partial charge in [-0.15, -0.1) is 0 Å². The zero-order valence-electron chi connectivity index (χ0n) is 12.6. The molecule has 3 rings (SSSR count). The maximum atomic E-state index is 4.64. The second kappa shape index (κ2) is 6.53. The molecule has 1 aliphatic heterocycles. The monoisotopic (exact) mass is 274 g/mol. The molecule has 20 heavy (non-hydrogen) atoms. The van der Waals surface area contributed by atoms with Gasteiger partial charge in [-0.3, -0.25) is 0 Å². The van der Waals surface area contributed by atoms with Gasteiger partial charge in [-0.2, -0.15) is 0 Å². The minimum Gasteiger partial charge on any atom is -0.352 e. The van der Waals surface area contributed by atoms with E-state index in [4.69, 9.17) is 0 Å². The first-order chi connectivity index (χ1) is 9.90. The van der Waals surface area contributed by atoms with E-state index in [1.54, 1.807) is 6.33 Å². The maximum absolute atomic E-state index is 4.64. The van der Waals surface area contributed by atoms with Crippen molar-refractivity contribution < 1.29 is 0 Å². The van der Waals surface area contributed by atoms with Crippen LogP contribution in [0, 0.1) is 0 Å². The highest BCUT2D eigenvalue weighted by atomic mass is 15.2. The number of fused-ring (bicyclic) bond motifs is 1. The van der Waals surface area contributed by atoms with Gasteiger partial charge in [-0.25, -0.2) is 9.97 Å². The van der Waals surface area contributed by atoms with Crippen LogP contribution in [0.3, 0.4) is 0 Å². The molecule has 0 aromatic carbocycles. The summed E-state index contributed by atoms with van der Waals surface area (Å²) in [5, 5.41) is 3.59. The number of nitrogens with one attached hydrogen (secondary N) is 1. The third-order valence-electron chi connectivity index (χ3n) is 4.56. The zero-order valence-corrected chi connectivity index (χ0v) is 12.6. The van der Waals surface area contributed by atoms with Gasteiger partial charge in [-0.05, 0) is 51.5 Å². The summed E-state index contributed by atoms with van der Waals surface area (Å²) in [6, 6.07) is 0.606. The van der Waals surface area contributed by atoms with Crippen molar-refractivity contribution in [3.8, 4) is 0 Å². The van der Waals surface area contributed by atoms with Crippen LogP contribution in [0.4, 0.5) is 5.82 Å². The first kappa shape index (κ1) is 13.8. The smallest absolute Gasteiger partial charge is 0.135 e. The van der Waals surface area contributed by atoms with Crippen molar-refractivity contribution in [1.82, 2.24) is 15.3 Å². The van der Waals surface area contributed by atoms with E-state index >= 15 is 0 Å². The van der Waals surface area contributed by atoms with Crippen LogP contribution in [0.2, 0.25) is 0 Å². The topological polar surface area (TPSA) is 41.0 Å². The van der Waals surface area contributed by atoms with Gasteiger partial charge in [0, 0.05) is 30.4 Å². The van der Waals surface area contributed by atoms with Crippen LogP contribution in [-0.2, 0) is 12.8 Å². The van der Waals surface area contributed by atoms with Crippen LogP contribution in [0.15, 0.2) is 6.33 Å². The van der Waals surface area contributed by atoms with Gasteiger partial charge in [0.05, 0.1) is 0 Å². The molecule has 0 amide bonds. The van der Waals surface area contributed by atoms with Crippen molar-refractivity contribution in [3.05, 3.63) is 17.6 Å². The Balaban J connectivity index is 1.77. The molecule has 0 saturated carbocycles. The SMILES string of the molecule is CCCNCC1CCCCN1c1ncnc2c1CCC2. The van der Waals surface area contributed by atoms with E-state index < -0.39 is 0 Å². The predicted octanol–water partition coefficient (Wildman–Crippen LogP) is 2.32. The fourth-order valence-electron chi connectivity index (χ4n) is 3.53. The summed E-state index contributed by atoms with van der Waals surface area (Å²) in [6.45, 7) is 5.59. The lowest BCUT2D eigenvalue weighted by atomic mass is 10.0.